The molecule has 2 aliphatic rings. The van der Waals surface area contributed by atoms with E-state index in [0.717, 1.165) is 12.1 Å². The van der Waals surface area contributed by atoms with E-state index in [2.05, 4.69) is 11.9 Å². The van der Waals surface area contributed by atoms with Gasteiger partial charge in [0, 0.05) is 12.1 Å². The van der Waals surface area contributed by atoms with Crippen molar-refractivity contribution in [1.29, 1.82) is 0 Å². The molecule has 2 atom stereocenters. The maximum Gasteiger partial charge on any atom is 0.00957 e. The summed E-state index contributed by atoms with van der Waals surface area (Å²) in [5.41, 5.74) is 0. The van der Waals surface area contributed by atoms with Gasteiger partial charge in [0.1, 0.15) is 0 Å². The fraction of sp³-hybridized carbons (Fsp3) is 1.00. The molecule has 0 aromatic heterocycles. The molecule has 0 aliphatic carbocycles. The molecule has 2 rings (SSSR count). The Morgan fingerprint density at radius 1 is 0.900 bits per heavy atom. The Kier molecular flexibility index (Phi) is 1.69. The Labute approximate surface area is 63.4 Å². The zero-order valence-electron chi connectivity index (χ0n) is 6.84. The Morgan fingerprint density at radius 2 is 1.40 bits per heavy atom. The van der Waals surface area contributed by atoms with E-state index in [4.69, 9.17) is 0 Å². The molecule has 1 heteroatoms. The van der Waals surface area contributed by atoms with Gasteiger partial charge >= 0.3 is 0 Å². The molecule has 0 saturated carbocycles. The first-order chi connectivity index (χ1) is 4.88. The van der Waals surface area contributed by atoms with Gasteiger partial charge in [0.05, 0.1) is 0 Å². The maximum absolute atomic E-state index is 2.62. The van der Waals surface area contributed by atoms with Crippen LogP contribution in [-0.4, -0.2) is 24.0 Å². The molecule has 10 heavy (non-hydrogen) atoms. The van der Waals surface area contributed by atoms with Crippen LogP contribution in [-0.2, 0) is 0 Å². The summed E-state index contributed by atoms with van der Waals surface area (Å²) in [6.07, 6.45) is 8.83. The lowest BCUT2D eigenvalue weighted by molar-refractivity contribution is 0.244. The zero-order chi connectivity index (χ0) is 6.97. The van der Waals surface area contributed by atoms with Gasteiger partial charge in [-0.1, -0.05) is 12.8 Å². The number of hydrogen-bond donors (Lipinski definition) is 0. The first-order valence-electron chi connectivity index (χ1n) is 4.60. The van der Waals surface area contributed by atoms with Crippen LogP contribution in [0.15, 0.2) is 0 Å². The lowest BCUT2D eigenvalue weighted by Gasteiger charge is -2.21. The molecule has 2 unspecified atom stereocenters. The second-order valence-electron chi connectivity index (χ2n) is 3.83. The highest BCUT2D eigenvalue weighted by molar-refractivity contribution is 4.87. The molecule has 0 radical (unpaired) electrons. The highest BCUT2D eigenvalue weighted by atomic mass is 15.2. The summed E-state index contributed by atoms with van der Waals surface area (Å²) in [5.74, 6) is 0. The van der Waals surface area contributed by atoms with E-state index in [1.54, 1.807) is 0 Å². The summed E-state index contributed by atoms with van der Waals surface area (Å²) in [5, 5.41) is 0. The van der Waals surface area contributed by atoms with Crippen molar-refractivity contribution in [1.82, 2.24) is 4.90 Å². The van der Waals surface area contributed by atoms with E-state index < -0.39 is 0 Å². The lowest BCUT2D eigenvalue weighted by atomic mass is 10.0. The third-order valence-corrected chi connectivity index (χ3v) is 3.31. The standard InChI is InChI=1S/C9H17N/c1-10-8-4-2-3-5-9(10)7-6-8/h8-9H,2-7H2,1H3. The van der Waals surface area contributed by atoms with Gasteiger partial charge in [-0.15, -0.1) is 0 Å². The normalized spacial score (nSPS) is 41.7. The average Bonchev–Trinajstić information content (AvgIpc) is 2.06. The van der Waals surface area contributed by atoms with Gasteiger partial charge < -0.3 is 4.90 Å². The van der Waals surface area contributed by atoms with Crippen LogP contribution in [0.25, 0.3) is 0 Å². The van der Waals surface area contributed by atoms with Gasteiger partial charge in [-0.25, -0.2) is 0 Å². The number of fused-ring (bicyclic) bond motifs is 2. The van der Waals surface area contributed by atoms with Crippen molar-refractivity contribution in [3.05, 3.63) is 0 Å². The molecule has 2 saturated heterocycles. The van der Waals surface area contributed by atoms with Gasteiger partial charge in [0.25, 0.3) is 0 Å². The Bertz CT molecular complexity index is 108. The molecule has 0 spiro atoms. The van der Waals surface area contributed by atoms with Gasteiger partial charge in [0.2, 0.25) is 0 Å². The van der Waals surface area contributed by atoms with Crippen molar-refractivity contribution in [2.24, 2.45) is 0 Å². The maximum atomic E-state index is 2.62. The minimum atomic E-state index is 0.951. The fourth-order valence-corrected chi connectivity index (χ4v) is 2.55. The van der Waals surface area contributed by atoms with Crippen LogP contribution in [0.5, 0.6) is 0 Å². The smallest absolute Gasteiger partial charge is 0.00957 e. The van der Waals surface area contributed by atoms with Gasteiger partial charge in [0.15, 0.2) is 0 Å². The van der Waals surface area contributed by atoms with Crippen LogP contribution in [0.3, 0.4) is 0 Å². The molecule has 2 aliphatic heterocycles. The monoisotopic (exact) mass is 139 g/mol. The third-order valence-electron chi connectivity index (χ3n) is 3.31. The summed E-state index contributed by atoms with van der Waals surface area (Å²) in [6, 6.07) is 1.90. The second-order valence-corrected chi connectivity index (χ2v) is 3.83. The van der Waals surface area contributed by atoms with Gasteiger partial charge in [-0.2, -0.15) is 0 Å². The molecule has 0 aromatic carbocycles. The molecule has 2 heterocycles. The highest BCUT2D eigenvalue weighted by Crippen LogP contribution is 2.32. The topological polar surface area (TPSA) is 3.24 Å². The van der Waals surface area contributed by atoms with E-state index in [0.29, 0.717) is 0 Å². The Balaban J connectivity index is 2.07. The second kappa shape index (κ2) is 2.54. The molecule has 0 aromatic rings. The average molecular weight is 139 g/mol. The van der Waals surface area contributed by atoms with Crippen LogP contribution < -0.4 is 0 Å². The minimum Gasteiger partial charge on any atom is -0.300 e. The molecule has 2 bridgehead atoms. The Hall–Kier alpha value is -0.0400. The summed E-state index contributed by atoms with van der Waals surface area (Å²) < 4.78 is 0. The lowest BCUT2D eigenvalue weighted by Crippen LogP contribution is -2.29. The summed E-state index contributed by atoms with van der Waals surface area (Å²) >= 11 is 0. The minimum absolute atomic E-state index is 0.951. The summed E-state index contributed by atoms with van der Waals surface area (Å²) in [4.78, 5) is 2.62. The molecule has 2 fully saturated rings. The van der Waals surface area contributed by atoms with Crippen LogP contribution in [0, 0.1) is 0 Å². The van der Waals surface area contributed by atoms with E-state index >= 15 is 0 Å². The van der Waals surface area contributed by atoms with Crippen molar-refractivity contribution >= 4 is 0 Å². The van der Waals surface area contributed by atoms with Gasteiger partial charge in [-0.05, 0) is 32.7 Å². The largest absolute Gasteiger partial charge is 0.300 e. The van der Waals surface area contributed by atoms with Crippen molar-refractivity contribution in [3.63, 3.8) is 0 Å². The quantitative estimate of drug-likeness (QED) is 0.496. The van der Waals surface area contributed by atoms with Crippen LogP contribution in [0.1, 0.15) is 38.5 Å². The fourth-order valence-electron chi connectivity index (χ4n) is 2.55. The van der Waals surface area contributed by atoms with Crippen molar-refractivity contribution < 1.29 is 0 Å². The number of hydrogen-bond acceptors (Lipinski definition) is 1. The van der Waals surface area contributed by atoms with E-state index in [9.17, 15) is 0 Å². The van der Waals surface area contributed by atoms with Crippen molar-refractivity contribution in [2.45, 2.75) is 50.6 Å². The highest BCUT2D eigenvalue weighted by Gasteiger charge is 2.31. The zero-order valence-corrected chi connectivity index (χ0v) is 6.84. The summed E-state index contributed by atoms with van der Waals surface area (Å²) in [7, 11) is 2.31. The first kappa shape index (κ1) is 6.66. The number of nitrogens with zero attached hydrogens (tertiary/aromatic N) is 1. The molecular formula is C9H17N. The SMILES string of the molecule is CN1C2CCCCC1CC2. The van der Waals surface area contributed by atoms with Crippen LogP contribution in [0.4, 0.5) is 0 Å². The predicted molar refractivity (Wildman–Crippen MR) is 43.0 cm³/mol. The third kappa shape index (κ3) is 0.968. The molecule has 58 valence electrons. The Morgan fingerprint density at radius 3 is 1.90 bits per heavy atom. The van der Waals surface area contributed by atoms with Gasteiger partial charge in [-0.3, -0.25) is 0 Å². The number of rotatable bonds is 0. The van der Waals surface area contributed by atoms with E-state index in [1.165, 1.54) is 38.5 Å². The molecule has 0 N–H and O–H groups in total. The predicted octanol–water partition coefficient (Wildman–Crippen LogP) is 2.02. The first-order valence-corrected chi connectivity index (χ1v) is 4.60. The molecule has 0 amide bonds. The van der Waals surface area contributed by atoms with E-state index in [-0.39, 0.29) is 0 Å². The molecular weight excluding hydrogens is 122 g/mol. The summed E-state index contributed by atoms with van der Waals surface area (Å²) in [6.45, 7) is 0. The van der Waals surface area contributed by atoms with Crippen molar-refractivity contribution in [2.75, 3.05) is 7.05 Å². The van der Waals surface area contributed by atoms with Crippen molar-refractivity contribution in [3.8, 4) is 0 Å². The van der Waals surface area contributed by atoms with Crippen LogP contribution >= 0.6 is 0 Å². The molecule has 1 nitrogen and oxygen atoms in total. The van der Waals surface area contributed by atoms with E-state index in [1.807, 2.05) is 0 Å². The van der Waals surface area contributed by atoms with Crippen LogP contribution in [0.2, 0.25) is 0 Å².